The van der Waals surface area contributed by atoms with Crippen LogP contribution in [0.1, 0.15) is 16.7 Å². The maximum absolute atomic E-state index is 12.4. The van der Waals surface area contributed by atoms with E-state index < -0.39 is 0 Å². The summed E-state index contributed by atoms with van der Waals surface area (Å²) >= 11 is 0. The number of nitrogens with one attached hydrogen (secondary N) is 1. The number of hydrogen-bond acceptors (Lipinski definition) is 5. The lowest BCUT2D eigenvalue weighted by Gasteiger charge is -2.06. The number of ether oxygens (including phenoxy) is 1. The normalized spacial score (nSPS) is 11.4. The van der Waals surface area contributed by atoms with Crippen molar-refractivity contribution >= 4 is 22.8 Å². The van der Waals surface area contributed by atoms with Gasteiger partial charge in [0.25, 0.3) is 0 Å². The molecule has 0 saturated heterocycles. The standard InChI is InChI=1S/C29H29N3O3/c1-32(2)13-7-12-25(33)15-22-10-6-11-24(14-22)27-19-31-29-26(27)16-23(18-30-29)17-28(34)35-20-21-8-4-3-5-9-21/h3-12,14,16,18-19H,13,15,17,20H2,1-2H3,(H,30,31)/b12-7+. The number of rotatable bonds is 10. The van der Waals surface area contributed by atoms with Crippen molar-refractivity contribution in [2.45, 2.75) is 19.4 Å². The number of ketones is 1. The van der Waals surface area contributed by atoms with E-state index in [1.165, 1.54) is 0 Å². The zero-order chi connectivity index (χ0) is 24.6. The van der Waals surface area contributed by atoms with Gasteiger partial charge in [-0.2, -0.15) is 0 Å². The maximum atomic E-state index is 12.4. The van der Waals surface area contributed by atoms with Crippen molar-refractivity contribution in [3.05, 3.63) is 102 Å². The molecule has 6 nitrogen and oxygen atoms in total. The van der Waals surface area contributed by atoms with Gasteiger partial charge < -0.3 is 14.6 Å². The number of nitrogens with zero attached hydrogens (tertiary/aromatic N) is 2. The van der Waals surface area contributed by atoms with Gasteiger partial charge >= 0.3 is 5.97 Å². The molecule has 0 atom stereocenters. The van der Waals surface area contributed by atoms with Crippen LogP contribution in [-0.4, -0.2) is 47.3 Å². The Morgan fingerprint density at radius 2 is 1.77 bits per heavy atom. The van der Waals surface area contributed by atoms with Gasteiger partial charge in [-0.25, -0.2) is 4.98 Å². The van der Waals surface area contributed by atoms with Crippen LogP contribution in [0.15, 0.2) is 85.2 Å². The summed E-state index contributed by atoms with van der Waals surface area (Å²) in [6, 6.07) is 19.5. The molecule has 0 aliphatic carbocycles. The second kappa shape index (κ2) is 11.4. The molecule has 4 rings (SSSR count). The third kappa shape index (κ3) is 6.74. The molecule has 2 aromatic carbocycles. The van der Waals surface area contributed by atoms with Crippen LogP contribution in [0.3, 0.4) is 0 Å². The predicted octanol–water partition coefficient (Wildman–Crippen LogP) is 4.75. The number of H-pyrrole nitrogens is 1. The first-order valence-electron chi connectivity index (χ1n) is 11.6. The summed E-state index contributed by atoms with van der Waals surface area (Å²) in [5.74, 6) is -0.226. The monoisotopic (exact) mass is 467 g/mol. The van der Waals surface area contributed by atoms with Gasteiger partial charge in [-0.15, -0.1) is 0 Å². The van der Waals surface area contributed by atoms with Gasteiger partial charge in [0, 0.05) is 36.3 Å². The lowest BCUT2D eigenvalue weighted by Crippen LogP contribution is -2.11. The van der Waals surface area contributed by atoms with Gasteiger partial charge in [-0.3, -0.25) is 9.59 Å². The Morgan fingerprint density at radius 3 is 2.57 bits per heavy atom. The Kier molecular flexibility index (Phi) is 7.85. The van der Waals surface area contributed by atoms with Gasteiger partial charge in [0.2, 0.25) is 0 Å². The van der Waals surface area contributed by atoms with Crippen molar-refractivity contribution in [1.29, 1.82) is 0 Å². The molecule has 1 N–H and O–H groups in total. The zero-order valence-corrected chi connectivity index (χ0v) is 20.0. The molecule has 2 heterocycles. The molecule has 0 spiro atoms. The Hall–Kier alpha value is -4.03. The third-order valence-corrected chi connectivity index (χ3v) is 5.57. The fourth-order valence-corrected chi connectivity index (χ4v) is 3.84. The van der Waals surface area contributed by atoms with Crippen molar-refractivity contribution < 1.29 is 14.3 Å². The zero-order valence-electron chi connectivity index (χ0n) is 20.0. The molecule has 35 heavy (non-hydrogen) atoms. The largest absolute Gasteiger partial charge is 0.461 e. The summed E-state index contributed by atoms with van der Waals surface area (Å²) in [7, 11) is 3.93. The first-order valence-corrected chi connectivity index (χ1v) is 11.6. The van der Waals surface area contributed by atoms with E-state index in [0.717, 1.165) is 45.4 Å². The minimum atomic E-state index is -0.296. The van der Waals surface area contributed by atoms with Crippen LogP contribution in [-0.2, 0) is 33.8 Å². The van der Waals surface area contributed by atoms with E-state index in [2.05, 4.69) is 9.97 Å². The van der Waals surface area contributed by atoms with Crippen LogP contribution in [0.5, 0.6) is 0 Å². The van der Waals surface area contributed by atoms with E-state index >= 15 is 0 Å². The highest BCUT2D eigenvalue weighted by molar-refractivity contribution is 5.95. The number of esters is 1. The number of fused-ring (bicyclic) bond motifs is 1. The van der Waals surface area contributed by atoms with Crippen LogP contribution in [0.2, 0.25) is 0 Å². The van der Waals surface area contributed by atoms with Gasteiger partial charge in [0.05, 0.1) is 6.42 Å². The smallest absolute Gasteiger partial charge is 0.310 e. The summed E-state index contributed by atoms with van der Waals surface area (Å²) in [5, 5.41) is 0.924. The first-order chi connectivity index (χ1) is 17.0. The minimum absolute atomic E-state index is 0.0703. The van der Waals surface area contributed by atoms with Crippen molar-refractivity contribution in [3.8, 4) is 11.1 Å². The molecule has 6 heteroatoms. The fraction of sp³-hybridized carbons (Fsp3) is 0.207. The lowest BCUT2D eigenvalue weighted by molar-refractivity contribution is -0.144. The molecule has 0 fully saturated rings. The summed E-state index contributed by atoms with van der Waals surface area (Å²) in [4.78, 5) is 34.4. The molecular weight excluding hydrogens is 438 g/mol. The van der Waals surface area contributed by atoms with E-state index in [4.69, 9.17) is 4.74 Å². The highest BCUT2D eigenvalue weighted by Gasteiger charge is 2.12. The summed E-state index contributed by atoms with van der Waals surface area (Å²) < 4.78 is 5.42. The number of pyridine rings is 1. The van der Waals surface area contributed by atoms with Crippen LogP contribution >= 0.6 is 0 Å². The highest BCUT2D eigenvalue weighted by atomic mass is 16.5. The minimum Gasteiger partial charge on any atom is -0.461 e. The second-order valence-electron chi connectivity index (χ2n) is 8.77. The number of aromatic amines is 1. The SMILES string of the molecule is CN(C)C/C=C/C(=O)Cc1cccc(-c2c[nH]c3ncc(CC(=O)OCc4ccccc4)cc23)c1. The third-order valence-electron chi connectivity index (χ3n) is 5.57. The van der Waals surface area contributed by atoms with Gasteiger partial charge in [0.1, 0.15) is 12.3 Å². The molecule has 0 aliphatic rings. The van der Waals surface area contributed by atoms with E-state index in [1.54, 1.807) is 12.3 Å². The summed E-state index contributed by atoms with van der Waals surface area (Å²) in [6.07, 6.45) is 7.62. The molecule has 0 bridgehead atoms. The number of aromatic nitrogens is 2. The number of benzene rings is 2. The highest BCUT2D eigenvalue weighted by Crippen LogP contribution is 2.29. The number of allylic oxidation sites excluding steroid dienone is 1. The van der Waals surface area contributed by atoms with Crippen molar-refractivity contribution in [1.82, 2.24) is 14.9 Å². The van der Waals surface area contributed by atoms with E-state index in [9.17, 15) is 9.59 Å². The first kappa shape index (κ1) is 24.1. The fourth-order valence-electron chi connectivity index (χ4n) is 3.84. The van der Waals surface area contributed by atoms with E-state index in [0.29, 0.717) is 6.42 Å². The molecule has 178 valence electrons. The molecule has 0 aliphatic heterocycles. The van der Waals surface area contributed by atoms with Gasteiger partial charge in [-0.05, 0) is 48.5 Å². The van der Waals surface area contributed by atoms with Crippen LogP contribution in [0.25, 0.3) is 22.2 Å². The van der Waals surface area contributed by atoms with Crippen LogP contribution in [0.4, 0.5) is 0 Å². The molecule has 2 aromatic heterocycles. The molecular formula is C29H29N3O3. The molecule has 0 saturated carbocycles. The Bertz CT molecular complexity index is 1340. The Morgan fingerprint density at radius 1 is 0.971 bits per heavy atom. The van der Waals surface area contributed by atoms with E-state index in [-0.39, 0.29) is 24.8 Å². The van der Waals surface area contributed by atoms with Crippen molar-refractivity contribution in [2.24, 2.45) is 0 Å². The number of likely N-dealkylation sites (N-methyl/N-ethyl adjacent to an activating group) is 1. The summed E-state index contributed by atoms with van der Waals surface area (Å²) in [6.45, 7) is 0.983. The van der Waals surface area contributed by atoms with Crippen LogP contribution < -0.4 is 0 Å². The molecule has 0 amide bonds. The molecule has 0 unspecified atom stereocenters. The van der Waals surface area contributed by atoms with Crippen molar-refractivity contribution in [2.75, 3.05) is 20.6 Å². The van der Waals surface area contributed by atoms with Gasteiger partial charge in [0.15, 0.2) is 5.78 Å². The average molecular weight is 468 g/mol. The summed E-state index contributed by atoms with van der Waals surface area (Å²) in [5.41, 5.74) is 5.40. The maximum Gasteiger partial charge on any atom is 0.310 e. The van der Waals surface area contributed by atoms with E-state index in [1.807, 2.05) is 91.9 Å². The number of carbonyl (C=O) groups excluding carboxylic acids is 2. The lowest BCUT2D eigenvalue weighted by atomic mass is 10.00. The predicted molar refractivity (Wildman–Crippen MR) is 138 cm³/mol. The average Bonchev–Trinajstić information content (AvgIpc) is 3.27. The number of carbonyl (C=O) groups is 2. The topological polar surface area (TPSA) is 75.3 Å². The van der Waals surface area contributed by atoms with Gasteiger partial charge in [-0.1, -0.05) is 60.7 Å². The van der Waals surface area contributed by atoms with Crippen molar-refractivity contribution in [3.63, 3.8) is 0 Å². The quantitative estimate of drug-likeness (QED) is 0.269. The van der Waals surface area contributed by atoms with Crippen LogP contribution in [0, 0.1) is 0 Å². The molecule has 0 radical (unpaired) electrons. The Balaban J connectivity index is 1.46. The number of hydrogen-bond donors (Lipinski definition) is 1. The molecule has 4 aromatic rings. The second-order valence-corrected chi connectivity index (χ2v) is 8.77. The Labute approximate surface area is 205 Å².